The molecule has 0 aliphatic carbocycles. The first-order valence-electron chi connectivity index (χ1n) is 8.54. The van der Waals surface area contributed by atoms with E-state index in [-0.39, 0.29) is 18.2 Å². The SMILES string of the molecule is O=C(CCCN1C(=O)C(=Cc2ccco2)SC1=S)Nc1nc2ccccc2s1. The summed E-state index contributed by atoms with van der Waals surface area (Å²) in [6.07, 6.45) is 4.02. The zero-order chi connectivity index (χ0) is 19.5. The maximum atomic E-state index is 12.5. The number of carbonyl (C=O) groups is 2. The molecule has 9 heteroatoms. The zero-order valence-corrected chi connectivity index (χ0v) is 17.0. The first-order chi connectivity index (χ1) is 13.6. The number of thiazole rings is 1. The summed E-state index contributed by atoms with van der Waals surface area (Å²) in [5.41, 5.74) is 0.865. The Morgan fingerprint density at radius 2 is 2.14 bits per heavy atom. The Kier molecular flexibility index (Phi) is 5.56. The molecule has 2 aromatic heterocycles. The maximum absolute atomic E-state index is 12.5. The van der Waals surface area contributed by atoms with Crippen molar-refractivity contribution in [3.63, 3.8) is 0 Å². The van der Waals surface area contributed by atoms with Crippen LogP contribution >= 0.6 is 35.3 Å². The monoisotopic (exact) mass is 429 g/mol. The fourth-order valence-electron chi connectivity index (χ4n) is 2.70. The highest BCUT2D eigenvalue weighted by Gasteiger charge is 2.31. The highest BCUT2D eigenvalue weighted by atomic mass is 32.2. The third kappa shape index (κ3) is 4.16. The number of benzene rings is 1. The van der Waals surface area contributed by atoms with Crippen molar-refractivity contribution in [2.75, 3.05) is 11.9 Å². The Morgan fingerprint density at radius 1 is 1.29 bits per heavy atom. The number of anilines is 1. The number of thiocarbonyl (C=S) groups is 1. The van der Waals surface area contributed by atoms with Gasteiger partial charge in [0.25, 0.3) is 5.91 Å². The Morgan fingerprint density at radius 3 is 2.93 bits per heavy atom. The lowest BCUT2D eigenvalue weighted by molar-refractivity contribution is -0.122. The quantitative estimate of drug-likeness (QED) is 0.459. The molecular formula is C19H15N3O3S3. The first-order valence-corrected chi connectivity index (χ1v) is 10.6. The average Bonchev–Trinajstić information content (AvgIpc) is 3.37. The molecule has 1 saturated heterocycles. The summed E-state index contributed by atoms with van der Waals surface area (Å²) in [7, 11) is 0. The van der Waals surface area contributed by atoms with Gasteiger partial charge in [-0.2, -0.15) is 0 Å². The van der Waals surface area contributed by atoms with Crippen LogP contribution in [0.15, 0.2) is 52.0 Å². The third-order valence-corrected chi connectivity index (χ3v) is 6.35. The van der Waals surface area contributed by atoms with Crippen molar-refractivity contribution in [2.24, 2.45) is 0 Å². The molecule has 0 radical (unpaired) electrons. The highest BCUT2D eigenvalue weighted by molar-refractivity contribution is 8.26. The van der Waals surface area contributed by atoms with Gasteiger partial charge >= 0.3 is 0 Å². The fourth-order valence-corrected chi connectivity index (χ4v) is 4.87. The number of nitrogens with zero attached hydrogens (tertiary/aromatic N) is 2. The standard InChI is InChI=1S/C19H15N3O3S3/c23-16(21-18-20-13-6-1-2-7-14(13)27-18)8-3-9-22-17(24)15(28-19(22)26)11-12-5-4-10-25-12/h1-2,4-7,10-11H,3,8-9H2,(H,20,21,23). The van der Waals surface area contributed by atoms with E-state index in [2.05, 4.69) is 10.3 Å². The summed E-state index contributed by atoms with van der Waals surface area (Å²) < 4.78 is 6.77. The number of para-hydroxylation sites is 1. The Balaban J connectivity index is 1.30. The number of fused-ring (bicyclic) bond motifs is 1. The lowest BCUT2D eigenvalue weighted by atomic mass is 10.2. The number of furan rings is 1. The smallest absolute Gasteiger partial charge is 0.266 e. The van der Waals surface area contributed by atoms with E-state index in [9.17, 15) is 9.59 Å². The number of carbonyl (C=O) groups excluding carboxylic acids is 2. The summed E-state index contributed by atoms with van der Waals surface area (Å²) in [5, 5.41) is 3.40. The fraction of sp³-hybridized carbons (Fsp3) is 0.158. The lowest BCUT2D eigenvalue weighted by Gasteiger charge is -2.13. The molecule has 1 N–H and O–H groups in total. The van der Waals surface area contributed by atoms with Crippen LogP contribution in [0, 0.1) is 0 Å². The molecule has 1 fully saturated rings. The van der Waals surface area contributed by atoms with Gasteiger partial charge in [0.1, 0.15) is 10.1 Å². The van der Waals surface area contributed by atoms with Crippen molar-refractivity contribution in [3.8, 4) is 0 Å². The Bertz CT molecular complexity index is 1040. The summed E-state index contributed by atoms with van der Waals surface area (Å²) in [5.74, 6) is 0.323. The van der Waals surface area contributed by atoms with Gasteiger partial charge in [0, 0.05) is 19.0 Å². The van der Waals surface area contributed by atoms with Crippen LogP contribution < -0.4 is 5.32 Å². The number of aromatic nitrogens is 1. The molecule has 0 bridgehead atoms. The number of nitrogens with one attached hydrogen (secondary N) is 1. The van der Waals surface area contributed by atoms with E-state index in [1.807, 2.05) is 24.3 Å². The minimum Gasteiger partial charge on any atom is -0.465 e. The van der Waals surface area contributed by atoms with Crippen molar-refractivity contribution in [1.82, 2.24) is 9.88 Å². The second-order valence-corrected chi connectivity index (χ2v) is 8.69. The van der Waals surface area contributed by atoms with Gasteiger partial charge in [-0.3, -0.25) is 14.5 Å². The van der Waals surface area contributed by atoms with Gasteiger partial charge in [0.15, 0.2) is 5.13 Å². The predicted molar refractivity (Wildman–Crippen MR) is 116 cm³/mol. The molecule has 28 heavy (non-hydrogen) atoms. The van der Waals surface area contributed by atoms with E-state index in [0.29, 0.717) is 33.1 Å². The van der Waals surface area contributed by atoms with Crippen LogP contribution in [-0.4, -0.2) is 32.6 Å². The topological polar surface area (TPSA) is 75.4 Å². The molecule has 2 amide bonds. The van der Waals surface area contributed by atoms with Crippen LogP contribution in [-0.2, 0) is 9.59 Å². The second kappa shape index (κ2) is 8.26. The average molecular weight is 430 g/mol. The van der Waals surface area contributed by atoms with Crippen LogP contribution in [0.4, 0.5) is 5.13 Å². The van der Waals surface area contributed by atoms with Gasteiger partial charge in [-0.25, -0.2) is 4.98 Å². The molecular weight excluding hydrogens is 414 g/mol. The van der Waals surface area contributed by atoms with Gasteiger partial charge in [0.2, 0.25) is 5.91 Å². The number of thioether (sulfide) groups is 1. The first kappa shape index (κ1) is 18.9. The van der Waals surface area contributed by atoms with Gasteiger partial charge < -0.3 is 9.73 Å². The zero-order valence-electron chi connectivity index (χ0n) is 14.6. The molecule has 1 aliphatic heterocycles. The molecule has 6 nitrogen and oxygen atoms in total. The van der Waals surface area contributed by atoms with Gasteiger partial charge in [-0.1, -0.05) is 47.4 Å². The van der Waals surface area contributed by atoms with Gasteiger partial charge in [0.05, 0.1) is 21.4 Å². The number of rotatable bonds is 6. The normalized spacial score (nSPS) is 15.7. The molecule has 3 heterocycles. The number of hydrogen-bond acceptors (Lipinski definition) is 7. The van der Waals surface area contributed by atoms with Gasteiger partial charge in [-0.05, 0) is 30.7 Å². The Labute approximate surface area is 174 Å². The highest BCUT2D eigenvalue weighted by Crippen LogP contribution is 2.32. The van der Waals surface area contributed by atoms with E-state index in [1.165, 1.54) is 28.0 Å². The summed E-state index contributed by atoms with van der Waals surface area (Å²) in [4.78, 5) is 31.1. The summed E-state index contributed by atoms with van der Waals surface area (Å²) in [6, 6.07) is 11.3. The molecule has 0 atom stereocenters. The largest absolute Gasteiger partial charge is 0.465 e. The molecule has 4 rings (SSSR count). The number of amides is 2. The van der Waals surface area contributed by atoms with Gasteiger partial charge in [-0.15, -0.1) is 0 Å². The number of hydrogen-bond donors (Lipinski definition) is 1. The minimum atomic E-state index is -0.155. The van der Waals surface area contributed by atoms with E-state index >= 15 is 0 Å². The van der Waals surface area contributed by atoms with E-state index < -0.39 is 0 Å². The van der Waals surface area contributed by atoms with Crippen molar-refractivity contribution in [2.45, 2.75) is 12.8 Å². The van der Waals surface area contributed by atoms with E-state index in [4.69, 9.17) is 16.6 Å². The Hall–Kier alpha value is -2.49. The van der Waals surface area contributed by atoms with E-state index in [0.717, 1.165) is 10.2 Å². The molecule has 3 aromatic rings. The minimum absolute atomic E-state index is 0.129. The molecule has 1 aromatic carbocycles. The van der Waals surface area contributed by atoms with Crippen LogP contribution in [0.5, 0.6) is 0 Å². The second-order valence-electron chi connectivity index (χ2n) is 5.99. The molecule has 1 aliphatic rings. The van der Waals surface area contributed by atoms with Crippen LogP contribution in [0.2, 0.25) is 0 Å². The third-order valence-electron chi connectivity index (χ3n) is 4.02. The van der Waals surface area contributed by atoms with Crippen molar-refractivity contribution in [3.05, 3.63) is 53.3 Å². The van der Waals surface area contributed by atoms with E-state index in [1.54, 1.807) is 24.5 Å². The molecule has 142 valence electrons. The maximum Gasteiger partial charge on any atom is 0.266 e. The summed E-state index contributed by atoms with van der Waals surface area (Å²) >= 11 is 7.98. The van der Waals surface area contributed by atoms with Crippen LogP contribution in [0.25, 0.3) is 16.3 Å². The van der Waals surface area contributed by atoms with Crippen molar-refractivity contribution >= 4 is 72.9 Å². The predicted octanol–water partition coefficient (Wildman–Crippen LogP) is 4.51. The van der Waals surface area contributed by atoms with Crippen molar-refractivity contribution in [1.29, 1.82) is 0 Å². The van der Waals surface area contributed by atoms with Crippen LogP contribution in [0.1, 0.15) is 18.6 Å². The molecule has 0 unspecified atom stereocenters. The van der Waals surface area contributed by atoms with Crippen molar-refractivity contribution < 1.29 is 14.0 Å². The summed E-state index contributed by atoms with van der Waals surface area (Å²) in [6.45, 7) is 0.396. The lowest BCUT2D eigenvalue weighted by Crippen LogP contribution is -2.29. The van der Waals surface area contributed by atoms with Crippen LogP contribution in [0.3, 0.4) is 0 Å². The molecule has 0 spiro atoms. The molecule has 0 saturated carbocycles.